The number of nitrogens with one attached hydrogen (secondary N) is 1. The van der Waals surface area contributed by atoms with Crippen LogP contribution >= 0.6 is 0 Å². The molecular formula is C33H35N3O3. The van der Waals surface area contributed by atoms with E-state index < -0.39 is 0 Å². The highest BCUT2D eigenvalue weighted by molar-refractivity contribution is 5.98. The van der Waals surface area contributed by atoms with Crippen molar-refractivity contribution < 1.29 is 14.7 Å². The minimum absolute atomic E-state index is 0.0904. The van der Waals surface area contributed by atoms with Gasteiger partial charge in [-0.15, -0.1) is 0 Å². The number of carbonyl (C=O) groups excluding carboxylic acids is 2. The summed E-state index contributed by atoms with van der Waals surface area (Å²) in [5.41, 5.74) is 7.46. The second kappa shape index (κ2) is 11.7. The highest BCUT2D eigenvalue weighted by atomic mass is 16.3. The van der Waals surface area contributed by atoms with Crippen LogP contribution in [0.4, 0.5) is 17.1 Å². The first-order valence-corrected chi connectivity index (χ1v) is 13.5. The summed E-state index contributed by atoms with van der Waals surface area (Å²) in [5.74, 6) is 0.194. The van der Waals surface area contributed by atoms with Crippen molar-refractivity contribution in [3.8, 4) is 0 Å². The number of ketones is 2. The lowest BCUT2D eigenvalue weighted by molar-refractivity contribution is 0.0980. The fourth-order valence-electron chi connectivity index (χ4n) is 5.13. The Balaban J connectivity index is 1.16. The molecule has 1 aliphatic heterocycles. The Morgan fingerprint density at radius 1 is 0.872 bits per heavy atom. The zero-order chi connectivity index (χ0) is 27.4. The van der Waals surface area contributed by atoms with Gasteiger partial charge in [-0.3, -0.25) is 9.59 Å². The van der Waals surface area contributed by atoms with Gasteiger partial charge in [-0.25, -0.2) is 0 Å². The minimum Gasteiger partial charge on any atom is -0.393 e. The number of aliphatic hydroxyl groups excluding tert-OH is 1. The fraction of sp³-hybridized carbons (Fsp3) is 0.273. The van der Waals surface area contributed by atoms with Crippen LogP contribution in [0.25, 0.3) is 0 Å². The molecule has 3 aromatic carbocycles. The fourth-order valence-corrected chi connectivity index (χ4v) is 5.13. The number of anilines is 3. The summed E-state index contributed by atoms with van der Waals surface area (Å²) in [4.78, 5) is 27.7. The molecule has 1 aliphatic rings. The van der Waals surface area contributed by atoms with Gasteiger partial charge in [0.25, 0.3) is 0 Å². The Hall–Kier alpha value is -4.16. The summed E-state index contributed by atoms with van der Waals surface area (Å²) in [7, 11) is 1.88. The Labute approximate surface area is 229 Å². The van der Waals surface area contributed by atoms with Gasteiger partial charge in [0.1, 0.15) is 0 Å². The number of rotatable bonds is 9. The van der Waals surface area contributed by atoms with Gasteiger partial charge in [0.05, 0.1) is 11.8 Å². The third-order valence-electron chi connectivity index (χ3n) is 7.50. The first kappa shape index (κ1) is 26.4. The van der Waals surface area contributed by atoms with Crippen LogP contribution in [0.15, 0.2) is 85.1 Å². The van der Waals surface area contributed by atoms with E-state index >= 15 is 0 Å². The minimum atomic E-state index is -0.199. The van der Waals surface area contributed by atoms with Crippen LogP contribution in [0.1, 0.15) is 50.4 Å². The second-order valence-corrected chi connectivity index (χ2v) is 10.4. The number of carbonyl (C=O) groups is 2. The maximum absolute atomic E-state index is 12.9. The van der Waals surface area contributed by atoms with Gasteiger partial charge >= 0.3 is 0 Å². The molecule has 5 rings (SSSR count). The number of aromatic nitrogens is 1. The average Bonchev–Trinajstić information content (AvgIpc) is 3.38. The molecule has 0 radical (unpaired) electrons. The number of hydrogen-bond acceptors (Lipinski definition) is 5. The quantitative estimate of drug-likeness (QED) is 0.269. The van der Waals surface area contributed by atoms with Crippen molar-refractivity contribution in [2.45, 2.75) is 38.7 Å². The number of benzene rings is 3. The molecule has 0 spiro atoms. The van der Waals surface area contributed by atoms with E-state index in [1.54, 1.807) is 0 Å². The topological polar surface area (TPSA) is 74.6 Å². The first-order chi connectivity index (χ1) is 18.9. The standard InChI is InChI=1S/C33H35N3O3/c1-23-20-25(22-33(39)31-4-3-17-35(31)2)7-14-30(23)34-27-10-5-24(6-11-27)21-32(38)26-8-12-28(13-9-26)36-18-15-29(37)16-19-36/h3-14,17,20,29,34,37H,15-16,18-19,21-22H2,1-2H3. The lowest BCUT2D eigenvalue weighted by Gasteiger charge is -2.31. The third-order valence-corrected chi connectivity index (χ3v) is 7.50. The molecule has 0 unspecified atom stereocenters. The molecule has 200 valence electrons. The summed E-state index contributed by atoms with van der Waals surface area (Å²) < 4.78 is 1.85. The van der Waals surface area contributed by atoms with E-state index in [1.165, 1.54) is 0 Å². The molecule has 0 amide bonds. The number of piperidine rings is 1. The molecule has 2 N–H and O–H groups in total. The second-order valence-electron chi connectivity index (χ2n) is 10.4. The molecule has 1 fully saturated rings. The average molecular weight is 522 g/mol. The maximum atomic E-state index is 12.9. The Bertz CT molecular complexity index is 1450. The largest absolute Gasteiger partial charge is 0.393 e. The number of aliphatic hydroxyl groups is 1. The maximum Gasteiger partial charge on any atom is 0.183 e. The molecule has 1 saturated heterocycles. The predicted molar refractivity (Wildman–Crippen MR) is 156 cm³/mol. The highest BCUT2D eigenvalue weighted by Gasteiger charge is 2.17. The summed E-state index contributed by atoms with van der Waals surface area (Å²) >= 11 is 0. The van der Waals surface area contributed by atoms with Crippen molar-refractivity contribution in [1.29, 1.82) is 0 Å². The molecule has 4 aromatic rings. The summed E-state index contributed by atoms with van der Waals surface area (Å²) in [5, 5.41) is 13.2. The van der Waals surface area contributed by atoms with Crippen LogP contribution in [0, 0.1) is 6.92 Å². The van der Waals surface area contributed by atoms with Gasteiger partial charge in [-0.2, -0.15) is 0 Å². The normalized spacial score (nSPS) is 13.9. The molecule has 6 heteroatoms. The first-order valence-electron chi connectivity index (χ1n) is 13.5. The van der Waals surface area contributed by atoms with Gasteiger partial charge < -0.3 is 19.9 Å². The Morgan fingerprint density at radius 3 is 2.18 bits per heavy atom. The van der Waals surface area contributed by atoms with E-state index in [2.05, 4.69) is 16.3 Å². The highest BCUT2D eigenvalue weighted by Crippen LogP contribution is 2.24. The van der Waals surface area contributed by atoms with Crippen LogP contribution < -0.4 is 10.2 Å². The van der Waals surface area contributed by atoms with Crippen molar-refractivity contribution in [3.05, 3.63) is 113 Å². The molecule has 0 saturated carbocycles. The molecule has 39 heavy (non-hydrogen) atoms. The van der Waals surface area contributed by atoms with Crippen molar-refractivity contribution in [3.63, 3.8) is 0 Å². The molecule has 1 aromatic heterocycles. The van der Waals surface area contributed by atoms with Crippen molar-refractivity contribution >= 4 is 28.6 Å². The number of Topliss-reactive ketones (excluding diaryl/α,β-unsaturated/α-hetero) is 2. The smallest absolute Gasteiger partial charge is 0.183 e. The van der Waals surface area contributed by atoms with E-state index in [1.807, 2.05) is 97.5 Å². The summed E-state index contributed by atoms with van der Waals surface area (Å²) in [6, 6.07) is 25.5. The third kappa shape index (κ3) is 6.47. The Kier molecular flexibility index (Phi) is 7.94. The molecule has 0 bridgehead atoms. The van der Waals surface area contributed by atoms with Crippen molar-refractivity contribution in [2.24, 2.45) is 7.05 Å². The van der Waals surface area contributed by atoms with Gasteiger partial charge in [-0.1, -0.05) is 24.3 Å². The zero-order valence-electron chi connectivity index (χ0n) is 22.6. The van der Waals surface area contributed by atoms with Gasteiger partial charge in [-0.05, 0) is 91.1 Å². The number of aryl methyl sites for hydroxylation is 2. The SMILES string of the molecule is Cc1cc(CC(=O)c2cccn2C)ccc1Nc1ccc(CC(=O)c2ccc(N3CCC(O)CC3)cc2)cc1. The van der Waals surface area contributed by atoms with Crippen LogP contribution in [0.3, 0.4) is 0 Å². The van der Waals surface area contributed by atoms with E-state index in [0.29, 0.717) is 24.1 Å². The van der Waals surface area contributed by atoms with Crippen molar-refractivity contribution in [2.75, 3.05) is 23.3 Å². The van der Waals surface area contributed by atoms with Crippen LogP contribution in [-0.2, 0) is 19.9 Å². The zero-order valence-corrected chi connectivity index (χ0v) is 22.6. The van der Waals surface area contributed by atoms with Gasteiger partial charge in [0.2, 0.25) is 0 Å². The predicted octanol–water partition coefficient (Wildman–Crippen LogP) is 5.89. The van der Waals surface area contributed by atoms with Crippen LogP contribution in [0.2, 0.25) is 0 Å². The van der Waals surface area contributed by atoms with Crippen LogP contribution in [-0.4, -0.2) is 40.4 Å². The van der Waals surface area contributed by atoms with Gasteiger partial charge in [0.15, 0.2) is 11.6 Å². The molecule has 6 nitrogen and oxygen atoms in total. The molecule has 0 aliphatic carbocycles. The van der Waals surface area contributed by atoms with Gasteiger partial charge in [0, 0.05) is 61.8 Å². The van der Waals surface area contributed by atoms with E-state index in [9.17, 15) is 14.7 Å². The Morgan fingerprint density at radius 2 is 1.54 bits per heavy atom. The summed E-state index contributed by atoms with van der Waals surface area (Å²) in [6.07, 6.45) is 3.97. The van der Waals surface area contributed by atoms with E-state index in [-0.39, 0.29) is 17.7 Å². The monoisotopic (exact) mass is 521 g/mol. The van der Waals surface area contributed by atoms with Crippen molar-refractivity contribution in [1.82, 2.24) is 4.57 Å². The lowest BCUT2D eigenvalue weighted by atomic mass is 10.0. The molecular weight excluding hydrogens is 486 g/mol. The lowest BCUT2D eigenvalue weighted by Crippen LogP contribution is -2.35. The number of hydrogen-bond donors (Lipinski definition) is 2. The van der Waals surface area contributed by atoms with Crippen LogP contribution in [0.5, 0.6) is 0 Å². The van der Waals surface area contributed by atoms with E-state index in [4.69, 9.17) is 0 Å². The molecule has 0 atom stereocenters. The van der Waals surface area contributed by atoms with E-state index in [0.717, 1.165) is 59.7 Å². The molecule has 2 heterocycles. The number of nitrogens with zero attached hydrogens (tertiary/aromatic N) is 2. The summed E-state index contributed by atoms with van der Waals surface area (Å²) in [6.45, 7) is 3.71.